The van der Waals surface area contributed by atoms with Gasteiger partial charge in [0.1, 0.15) is 0 Å². The highest BCUT2D eigenvalue weighted by Crippen LogP contribution is 2.47. The van der Waals surface area contributed by atoms with Gasteiger partial charge in [0.2, 0.25) is 0 Å². The van der Waals surface area contributed by atoms with Crippen LogP contribution in [-0.4, -0.2) is 22.1 Å². The third kappa shape index (κ3) is 4.79. The first kappa shape index (κ1) is 21.0. The number of hydrogen-bond acceptors (Lipinski definition) is 3. The summed E-state index contributed by atoms with van der Waals surface area (Å²) < 4.78 is 54.6. The number of aliphatic hydroxyl groups excluding tert-OH is 1. The van der Waals surface area contributed by atoms with Crippen LogP contribution in [0.15, 0.2) is 35.2 Å². The monoisotopic (exact) mass is 433 g/mol. The van der Waals surface area contributed by atoms with E-state index in [1.807, 2.05) is 0 Å². The SMILES string of the molecule is O=C(Nc1cc(F)c(F)c(F)c1)c1ccc(Cl)c(S[C@]2(F)CC[C@H](O)CC2)c1. The van der Waals surface area contributed by atoms with Gasteiger partial charge in [-0.2, -0.15) is 0 Å². The Morgan fingerprint density at radius 3 is 2.36 bits per heavy atom. The molecular formula is C19H16ClF4NO2S. The molecule has 150 valence electrons. The van der Waals surface area contributed by atoms with Crippen LogP contribution in [0.5, 0.6) is 0 Å². The Hall–Kier alpha value is -1.77. The quantitative estimate of drug-likeness (QED) is 0.480. The first-order valence-corrected chi connectivity index (χ1v) is 9.68. The molecule has 0 aliphatic heterocycles. The van der Waals surface area contributed by atoms with Crippen molar-refractivity contribution in [2.45, 2.75) is 41.7 Å². The molecule has 9 heteroatoms. The zero-order valence-electron chi connectivity index (χ0n) is 14.4. The summed E-state index contributed by atoms with van der Waals surface area (Å²) in [6.07, 6.45) is 0.458. The number of carbonyl (C=O) groups excluding carboxylic acids is 1. The van der Waals surface area contributed by atoms with Crippen LogP contribution in [0.3, 0.4) is 0 Å². The van der Waals surface area contributed by atoms with Crippen LogP contribution in [0.1, 0.15) is 36.0 Å². The predicted molar refractivity (Wildman–Crippen MR) is 99.9 cm³/mol. The van der Waals surface area contributed by atoms with Crippen molar-refractivity contribution in [3.63, 3.8) is 0 Å². The number of anilines is 1. The molecule has 3 rings (SSSR count). The number of benzene rings is 2. The number of rotatable bonds is 4. The standard InChI is InChI=1S/C19H16ClF4NO2S/c20-13-2-1-10(7-16(13)28-19(24)5-3-12(26)4-6-19)18(27)25-11-8-14(21)17(23)15(22)9-11/h1-2,7-9,12,26H,3-6H2,(H,25,27)/t12-,19+. The van der Waals surface area contributed by atoms with E-state index in [0.29, 0.717) is 29.9 Å². The maximum Gasteiger partial charge on any atom is 0.255 e. The van der Waals surface area contributed by atoms with Crippen molar-refractivity contribution < 1.29 is 27.5 Å². The molecule has 2 aromatic rings. The second-order valence-corrected chi connectivity index (χ2v) is 8.35. The molecule has 1 amide bonds. The zero-order valence-corrected chi connectivity index (χ0v) is 16.0. The molecule has 28 heavy (non-hydrogen) atoms. The highest BCUT2D eigenvalue weighted by atomic mass is 35.5. The summed E-state index contributed by atoms with van der Waals surface area (Å²) >= 11 is 7.00. The van der Waals surface area contributed by atoms with E-state index in [1.54, 1.807) is 0 Å². The van der Waals surface area contributed by atoms with Gasteiger partial charge in [0.05, 0.1) is 11.1 Å². The lowest BCUT2D eigenvalue weighted by Crippen LogP contribution is -2.28. The molecule has 2 N–H and O–H groups in total. The molecule has 0 atom stereocenters. The minimum atomic E-state index is -1.63. The highest BCUT2D eigenvalue weighted by molar-refractivity contribution is 8.00. The minimum absolute atomic E-state index is 0.0940. The van der Waals surface area contributed by atoms with Crippen LogP contribution < -0.4 is 5.32 Å². The fourth-order valence-corrected chi connectivity index (χ4v) is 4.31. The van der Waals surface area contributed by atoms with Gasteiger partial charge in [0.25, 0.3) is 5.91 Å². The molecule has 0 aromatic heterocycles. The summed E-state index contributed by atoms with van der Waals surface area (Å²) in [6, 6.07) is 5.50. The lowest BCUT2D eigenvalue weighted by molar-refractivity contribution is 0.0809. The Kier molecular flexibility index (Phi) is 6.21. The fraction of sp³-hybridized carbons (Fsp3) is 0.316. The number of carbonyl (C=O) groups is 1. The molecule has 2 aromatic carbocycles. The van der Waals surface area contributed by atoms with Crippen molar-refractivity contribution in [3.8, 4) is 0 Å². The number of aliphatic hydroxyl groups is 1. The minimum Gasteiger partial charge on any atom is -0.393 e. The summed E-state index contributed by atoms with van der Waals surface area (Å²) in [5, 5.41) is 10.5. The van der Waals surface area contributed by atoms with Crippen molar-refractivity contribution in [2.24, 2.45) is 0 Å². The van der Waals surface area contributed by atoms with E-state index in [9.17, 15) is 27.5 Å². The summed E-state index contributed by atoms with van der Waals surface area (Å²) in [6.45, 7) is 0. The van der Waals surface area contributed by atoms with E-state index >= 15 is 0 Å². The number of thioether (sulfide) groups is 1. The fourth-order valence-electron chi connectivity index (χ4n) is 2.89. The molecule has 0 radical (unpaired) electrons. The van der Waals surface area contributed by atoms with Crippen molar-refractivity contribution in [1.29, 1.82) is 0 Å². The Bertz CT molecular complexity index is 880. The van der Waals surface area contributed by atoms with E-state index in [1.165, 1.54) is 18.2 Å². The first-order valence-electron chi connectivity index (χ1n) is 8.48. The third-order valence-corrected chi connectivity index (χ3v) is 6.20. The highest BCUT2D eigenvalue weighted by Gasteiger charge is 2.36. The Morgan fingerprint density at radius 2 is 1.75 bits per heavy atom. The van der Waals surface area contributed by atoms with E-state index in [4.69, 9.17) is 11.6 Å². The number of alkyl halides is 1. The topological polar surface area (TPSA) is 49.3 Å². The van der Waals surface area contributed by atoms with Gasteiger partial charge < -0.3 is 10.4 Å². The van der Waals surface area contributed by atoms with E-state index in [0.717, 1.165) is 11.8 Å². The molecule has 1 fully saturated rings. The number of nitrogens with one attached hydrogen (secondary N) is 1. The maximum absolute atomic E-state index is 15.0. The van der Waals surface area contributed by atoms with Crippen LogP contribution in [0, 0.1) is 17.5 Å². The molecule has 1 aliphatic rings. The molecule has 0 saturated heterocycles. The lowest BCUT2D eigenvalue weighted by atomic mass is 9.96. The van der Waals surface area contributed by atoms with E-state index in [2.05, 4.69) is 5.32 Å². The second-order valence-electron chi connectivity index (χ2n) is 6.57. The van der Waals surface area contributed by atoms with Crippen molar-refractivity contribution in [2.75, 3.05) is 5.32 Å². The lowest BCUT2D eigenvalue weighted by Gasteiger charge is -2.31. The zero-order chi connectivity index (χ0) is 20.5. The Morgan fingerprint density at radius 1 is 1.14 bits per heavy atom. The summed E-state index contributed by atoms with van der Waals surface area (Å²) in [7, 11) is 0. The number of amides is 1. The second kappa shape index (κ2) is 8.31. The average molecular weight is 434 g/mol. The summed E-state index contributed by atoms with van der Waals surface area (Å²) in [4.78, 5) is 12.7. The first-order chi connectivity index (χ1) is 13.2. The van der Waals surface area contributed by atoms with Gasteiger partial charge in [-0.05, 0) is 43.9 Å². The van der Waals surface area contributed by atoms with Gasteiger partial charge >= 0.3 is 0 Å². The van der Waals surface area contributed by atoms with Crippen LogP contribution in [-0.2, 0) is 0 Å². The molecule has 0 unspecified atom stereocenters. The number of hydrogen-bond donors (Lipinski definition) is 2. The number of halogens is 5. The molecule has 0 bridgehead atoms. The summed E-state index contributed by atoms with van der Waals surface area (Å²) in [5.74, 6) is -5.20. The van der Waals surface area contributed by atoms with E-state index in [-0.39, 0.29) is 29.1 Å². The molecule has 1 saturated carbocycles. The molecule has 3 nitrogen and oxygen atoms in total. The molecule has 0 heterocycles. The average Bonchev–Trinajstić information content (AvgIpc) is 2.64. The van der Waals surface area contributed by atoms with Gasteiger partial charge in [-0.3, -0.25) is 4.79 Å². The van der Waals surface area contributed by atoms with E-state index < -0.39 is 34.5 Å². The van der Waals surface area contributed by atoms with Crippen molar-refractivity contribution >= 4 is 35.0 Å². The Balaban J connectivity index is 1.78. The van der Waals surface area contributed by atoms with Crippen molar-refractivity contribution in [3.05, 3.63) is 58.4 Å². The van der Waals surface area contributed by atoms with Crippen LogP contribution in [0.4, 0.5) is 23.2 Å². The van der Waals surface area contributed by atoms with Crippen molar-refractivity contribution in [1.82, 2.24) is 0 Å². The van der Waals surface area contributed by atoms with Gasteiger partial charge in [-0.25, -0.2) is 17.6 Å². The van der Waals surface area contributed by atoms with Gasteiger partial charge in [0.15, 0.2) is 22.5 Å². The Labute approximate surface area is 168 Å². The largest absolute Gasteiger partial charge is 0.393 e. The van der Waals surface area contributed by atoms with Gasteiger partial charge in [-0.15, -0.1) is 0 Å². The predicted octanol–water partition coefficient (Wildman–Crippen LogP) is 5.70. The molecular weight excluding hydrogens is 418 g/mol. The maximum atomic E-state index is 15.0. The third-order valence-electron chi connectivity index (χ3n) is 4.43. The van der Waals surface area contributed by atoms with Crippen LogP contribution in [0.25, 0.3) is 0 Å². The molecule has 1 aliphatic carbocycles. The van der Waals surface area contributed by atoms with Gasteiger partial charge in [0, 0.05) is 28.3 Å². The van der Waals surface area contributed by atoms with Crippen LogP contribution >= 0.6 is 23.4 Å². The normalized spacial score (nSPS) is 22.1. The smallest absolute Gasteiger partial charge is 0.255 e. The summed E-state index contributed by atoms with van der Waals surface area (Å²) in [5.41, 5.74) is -0.162. The molecule has 0 spiro atoms. The van der Waals surface area contributed by atoms with Gasteiger partial charge in [-0.1, -0.05) is 23.4 Å². The van der Waals surface area contributed by atoms with Crippen LogP contribution in [0.2, 0.25) is 5.02 Å².